The molecule has 0 fully saturated rings. The Bertz CT molecular complexity index is 518. The molecular weight excluding hydrogens is 294 g/mol. The average Bonchev–Trinajstić information content (AvgIpc) is 2.55. The number of amides is 2. The first-order valence-corrected chi connectivity index (χ1v) is 8.22. The summed E-state index contributed by atoms with van der Waals surface area (Å²) in [5.74, 6) is 4.17. The minimum Gasteiger partial charge on any atom is -0.507 e. The first kappa shape index (κ1) is 19.0. The van der Waals surface area contributed by atoms with E-state index < -0.39 is 5.91 Å². The maximum absolute atomic E-state index is 11.9. The second-order valence-electron chi connectivity index (χ2n) is 5.62. The van der Waals surface area contributed by atoms with E-state index in [0.29, 0.717) is 12.1 Å². The lowest BCUT2D eigenvalue weighted by atomic mass is 10.1. The standard InChI is InChI=1S/C17H27N3O3/c1-2-3-4-5-6-7-8-9-16(22)19-13-10-11-15(21)14(12-13)17(23)20-18/h10-12,21H,2-9,18H2,1H3,(H,19,22)(H,20,23). The van der Waals surface area contributed by atoms with Crippen LogP contribution in [0.1, 0.15) is 68.6 Å². The number of benzene rings is 1. The molecule has 6 nitrogen and oxygen atoms in total. The summed E-state index contributed by atoms with van der Waals surface area (Å²) in [7, 11) is 0. The van der Waals surface area contributed by atoms with Gasteiger partial charge in [-0.1, -0.05) is 45.4 Å². The number of nitrogens with two attached hydrogens (primary N) is 1. The van der Waals surface area contributed by atoms with E-state index >= 15 is 0 Å². The van der Waals surface area contributed by atoms with Crippen LogP contribution in [0.4, 0.5) is 5.69 Å². The second kappa shape index (κ2) is 10.6. The molecule has 0 spiro atoms. The van der Waals surface area contributed by atoms with Crippen molar-refractivity contribution in [1.29, 1.82) is 0 Å². The van der Waals surface area contributed by atoms with Gasteiger partial charge in [-0.2, -0.15) is 0 Å². The summed E-state index contributed by atoms with van der Waals surface area (Å²) in [6, 6.07) is 4.30. The molecule has 0 atom stereocenters. The first-order valence-electron chi connectivity index (χ1n) is 8.22. The molecular formula is C17H27N3O3. The molecule has 1 rings (SSSR count). The first-order chi connectivity index (χ1) is 11.1. The molecule has 1 aromatic carbocycles. The van der Waals surface area contributed by atoms with Crippen molar-refractivity contribution in [2.45, 2.75) is 58.3 Å². The third kappa shape index (κ3) is 7.15. The molecule has 0 aliphatic heterocycles. The minimum absolute atomic E-state index is 0.0289. The van der Waals surface area contributed by atoms with Crippen LogP contribution >= 0.6 is 0 Å². The van der Waals surface area contributed by atoms with Crippen LogP contribution in [0, 0.1) is 0 Å². The van der Waals surface area contributed by atoms with E-state index in [1.165, 1.54) is 37.8 Å². The van der Waals surface area contributed by atoms with E-state index in [-0.39, 0.29) is 17.2 Å². The Kier molecular flexibility index (Phi) is 8.75. The van der Waals surface area contributed by atoms with Gasteiger partial charge in [0, 0.05) is 12.1 Å². The van der Waals surface area contributed by atoms with Crippen LogP contribution in [0.25, 0.3) is 0 Å². The number of aromatic hydroxyl groups is 1. The van der Waals surface area contributed by atoms with Crippen molar-refractivity contribution in [3.8, 4) is 5.75 Å². The van der Waals surface area contributed by atoms with Crippen molar-refractivity contribution in [3.05, 3.63) is 23.8 Å². The predicted octanol–water partition coefficient (Wildman–Crippen LogP) is 3.07. The van der Waals surface area contributed by atoms with Crippen LogP contribution in [-0.2, 0) is 4.79 Å². The minimum atomic E-state index is -0.606. The Morgan fingerprint density at radius 1 is 1.09 bits per heavy atom. The molecule has 0 aromatic heterocycles. The Morgan fingerprint density at radius 3 is 2.39 bits per heavy atom. The van der Waals surface area contributed by atoms with Gasteiger partial charge >= 0.3 is 0 Å². The largest absolute Gasteiger partial charge is 0.507 e. The van der Waals surface area contributed by atoms with Gasteiger partial charge in [0.25, 0.3) is 5.91 Å². The van der Waals surface area contributed by atoms with Crippen LogP contribution in [0.5, 0.6) is 5.75 Å². The average molecular weight is 321 g/mol. The Balaban J connectivity index is 2.35. The molecule has 23 heavy (non-hydrogen) atoms. The number of carbonyl (C=O) groups excluding carboxylic acids is 2. The lowest BCUT2D eigenvalue weighted by Crippen LogP contribution is -2.30. The zero-order valence-electron chi connectivity index (χ0n) is 13.7. The maximum atomic E-state index is 11.9. The van der Waals surface area contributed by atoms with Crippen LogP contribution in [0.15, 0.2) is 18.2 Å². The molecule has 0 saturated carbocycles. The van der Waals surface area contributed by atoms with Crippen LogP contribution < -0.4 is 16.6 Å². The van der Waals surface area contributed by atoms with Crippen molar-refractivity contribution >= 4 is 17.5 Å². The third-order valence-electron chi connectivity index (χ3n) is 3.66. The molecule has 0 bridgehead atoms. The summed E-state index contributed by atoms with van der Waals surface area (Å²) < 4.78 is 0. The number of nitrogens with one attached hydrogen (secondary N) is 2. The summed E-state index contributed by atoms with van der Waals surface area (Å²) in [4.78, 5) is 23.4. The zero-order chi connectivity index (χ0) is 17.1. The number of hydrogen-bond acceptors (Lipinski definition) is 4. The highest BCUT2D eigenvalue weighted by Crippen LogP contribution is 2.21. The fourth-order valence-corrected chi connectivity index (χ4v) is 2.34. The number of hydrazine groups is 1. The van der Waals surface area contributed by atoms with Gasteiger partial charge in [-0.15, -0.1) is 0 Å². The number of carbonyl (C=O) groups is 2. The maximum Gasteiger partial charge on any atom is 0.269 e. The summed E-state index contributed by atoms with van der Waals surface area (Å²) in [6.45, 7) is 2.19. The number of anilines is 1. The fraction of sp³-hybridized carbons (Fsp3) is 0.529. The number of nitrogen functional groups attached to an aromatic ring is 1. The monoisotopic (exact) mass is 321 g/mol. The van der Waals surface area contributed by atoms with Crippen molar-refractivity contribution < 1.29 is 14.7 Å². The lowest BCUT2D eigenvalue weighted by Gasteiger charge is -2.08. The van der Waals surface area contributed by atoms with E-state index in [2.05, 4.69) is 12.2 Å². The van der Waals surface area contributed by atoms with Crippen molar-refractivity contribution in [3.63, 3.8) is 0 Å². The van der Waals surface area contributed by atoms with Gasteiger partial charge in [0.1, 0.15) is 5.75 Å². The van der Waals surface area contributed by atoms with Gasteiger partial charge in [0.05, 0.1) is 5.56 Å². The molecule has 0 saturated heterocycles. The number of unbranched alkanes of at least 4 members (excludes halogenated alkanes) is 6. The summed E-state index contributed by atoms with van der Waals surface area (Å²) >= 11 is 0. The Labute approximate surface area is 137 Å². The van der Waals surface area contributed by atoms with Gasteiger partial charge in [-0.25, -0.2) is 5.84 Å². The van der Waals surface area contributed by atoms with Crippen molar-refractivity contribution in [2.75, 3.05) is 5.32 Å². The number of hydrogen-bond donors (Lipinski definition) is 4. The predicted molar refractivity (Wildman–Crippen MR) is 91.0 cm³/mol. The summed E-state index contributed by atoms with van der Waals surface area (Å²) in [5, 5.41) is 12.3. The smallest absolute Gasteiger partial charge is 0.269 e. The highest BCUT2D eigenvalue weighted by Gasteiger charge is 2.11. The summed E-state index contributed by atoms with van der Waals surface area (Å²) in [5.41, 5.74) is 2.45. The molecule has 5 N–H and O–H groups in total. The summed E-state index contributed by atoms with van der Waals surface area (Å²) in [6.07, 6.45) is 8.52. The van der Waals surface area contributed by atoms with E-state index in [4.69, 9.17) is 5.84 Å². The Morgan fingerprint density at radius 2 is 1.74 bits per heavy atom. The molecule has 0 unspecified atom stereocenters. The molecule has 128 valence electrons. The van der Waals surface area contributed by atoms with Gasteiger partial charge in [-0.05, 0) is 24.6 Å². The normalized spacial score (nSPS) is 10.3. The Hall–Kier alpha value is -2.08. The quantitative estimate of drug-likeness (QED) is 0.175. The zero-order valence-corrected chi connectivity index (χ0v) is 13.7. The fourth-order valence-electron chi connectivity index (χ4n) is 2.34. The van der Waals surface area contributed by atoms with Gasteiger partial charge < -0.3 is 10.4 Å². The van der Waals surface area contributed by atoms with Gasteiger partial charge in [0.2, 0.25) is 5.91 Å². The molecule has 0 heterocycles. The molecule has 0 radical (unpaired) electrons. The number of phenolic OH excluding ortho intramolecular Hbond substituents is 1. The SMILES string of the molecule is CCCCCCCCCC(=O)Nc1ccc(O)c(C(=O)NN)c1. The molecule has 0 aliphatic carbocycles. The lowest BCUT2D eigenvalue weighted by molar-refractivity contribution is -0.116. The van der Waals surface area contributed by atoms with E-state index in [1.54, 1.807) is 6.07 Å². The van der Waals surface area contributed by atoms with Crippen molar-refractivity contribution in [1.82, 2.24) is 5.43 Å². The molecule has 0 aliphatic rings. The van der Waals surface area contributed by atoms with Crippen LogP contribution in [0.3, 0.4) is 0 Å². The van der Waals surface area contributed by atoms with Crippen LogP contribution in [-0.4, -0.2) is 16.9 Å². The van der Waals surface area contributed by atoms with Gasteiger partial charge in [-0.3, -0.25) is 15.0 Å². The third-order valence-corrected chi connectivity index (χ3v) is 3.66. The van der Waals surface area contributed by atoms with E-state index in [1.807, 2.05) is 5.43 Å². The van der Waals surface area contributed by atoms with Crippen molar-refractivity contribution in [2.24, 2.45) is 5.84 Å². The molecule has 2 amide bonds. The number of rotatable bonds is 10. The number of phenols is 1. The topological polar surface area (TPSA) is 104 Å². The highest BCUT2D eigenvalue weighted by atomic mass is 16.3. The van der Waals surface area contributed by atoms with Gasteiger partial charge in [0.15, 0.2) is 0 Å². The molecule has 6 heteroatoms. The van der Waals surface area contributed by atoms with E-state index in [0.717, 1.165) is 19.3 Å². The van der Waals surface area contributed by atoms with Crippen LogP contribution in [0.2, 0.25) is 0 Å². The van der Waals surface area contributed by atoms with E-state index in [9.17, 15) is 14.7 Å². The molecule has 1 aromatic rings. The highest BCUT2D eigenvalue weighted by molar-refractivity contribution is 5.99. The second-order valence-corrected chi connectivity index (χ2v) is 5.62.